The number of ether oxygens (including phenoxy) is 1. The summed E-state index contributed by atoms with van der Waals surface area (Å²) >= 11 is 3.26. The lowest BCUT2D eigenvalue weighted by molar-refractivity contribution is 0.0690. The Morgan fingerprint density at radius 3 is 2.58 bits per heavy atom. The van der Waals surface area contributed by atoms with E-state index in [0.29, 0.717) is 16.8 Å². The normalized spacial score (nSPS) is 10.2. The molecule has 98 valence electrons. The molecule has 0 aliphatic heterocycles. The molecule has 0 saturated heterocycles. The monoisotopic (exact) mass is 320 g/mol. The van der Waals surface area contributed by atoms with Crippen molar-refractivity contribution in [3.8, 4) is 5.75 Å². The van der Waals surface area contributed by atoms with Gasteiger partial charge >= 0.3 is 5.97 Å². The van der Waals surface area contributed by atoms with Crippen molar-refractivity contribution in [1.29, 1.82) is 0 Å². The van der Waals surface area contributed by atoms with Gasteiger partial charge in [-0.2, -0.15) is 0 Å². The minimum Gasteiger partial charge on any atom is -0.488 e. The van der Waals surface area contributed by atoms with Crippen molar-refractivity contribution in [3.05, 3.63) is 63.6 Å². The fourth-order valence-electron chi connectivity index (χ4n) is 1.77. The molecule has 0 amide bonds. The molecule has 0 fully saturated rings. The van der Waals surface area contributed by atoms with E-state index in [9.17, 15) is 9.90 Å². The summed E-state index contributed by atoms with van der Waals surface area (Å²) in [5.74, 6) is -0.627. The first kappa shape index (κ1) is 13.6. The van der Waals surface area contributed by atoms with Crippen LogP contribution in [0.4, 0.5) is 0 Å². The SMILES string of the molecule is Cc1cc(Br)c(C(=O)O)c(OCc2ccccc2)c1. The lowest BCUT2D eigenvalue weighted by Gasteiger charge is -2.11. The van der Waals surface area contributed by atoms with E-state index in [-0.39, 0.29) is 5.56 Å². The minimum atomic E-state index is -1.00. The Labute approximate surface area is 120 Å². The van der Waals surface area contributed by atoms with E-state index in [1.165, 1.54) is 0 Å². The van der Waals surface area contributed by atoms with Gasteiger partial charge in [0.1, 0.15) is 17.9 Å². The van der Waals surface area contributed by atoms with E-state index in [0.717, 1.165) is 11.1 Å². The number of hydrogen-bond acceptors (Lipinski definition) is 2. The molecule has 0 aromatic heterocycles. The van der Waals surface area contributed by atoms with Crippen LogP contribution in [0.5, 0.6) is 5.75 Å². The van der Waals surface area contributed by atoms with Gasteiger partial charge < -0.3 is 9.84 Å². The summed E-state index contributed by atoms with van der Waals surface area (Å²) in [6.07, 6.45) is 0. The Morgan fingerprint density at radius 2 is 1.95 bits per heavy atom. The molecule has 0 heterocycles. The van der Waals surface area contributed by atoms with Crippen molar-refractivity contribution in [2.75, 3.05) is 0 Å². The number of carbonyl (C=O) groups is 1. The molecule has 0 aliphatic rings. The number of rotatable bonds is 4. The van der Waals surface area contributed by atoms with Crippen LogP contribution in [0.25, 0.3) is 0 Å². The fourth-order valence-corrected chi connectivity index (χ4v) is 2.49. The van der Waals surface area contributed by atoms with Crippen LogP contribution in [0.3, 0.4) is 0 Å². The molecule has 0 radical (unpaired) electrons. The Balaban J connectivity index is 2.27. The molecule has 2 aromatic carbocycles. The molecule has 0 atom stereocenters. The number of hydrogen-bond donors (Lipinski definition) is 1. The van der Waals surface area contributed by atoms with Gasteiger partial charge in [-0.15, -0.1) is 0 Å². The molecular weight excluding hydrogens is 308 g/mol. The van der Waals surface area contributed by atoms with Crippen LogP contribution < -0.4 is 4.74 Å². The van der Waals surface area contributed by atoms with Crippen molar-refractivity contribution in [2.45, 2.75) is 13.5 Å². The lowest BCUT2D eigenvalue weighted by atomic mass is 10.1. The van der Waals surface area contributed by atoms with E-state index >= 15 is 0 Å². The highest BCUT2D eigenvalue weighted by molar-refractivity contribution is 9.10. The van der Waals surface area contributed by atoms with Crippen LogP contribution in [-0.2, 0) is 6.61 Å². The van der Waals surface area contributed by atoms with Crippen molar-refractivity contribution in [1.82, 2.24) is 0 Å². The number of carboxylic acids is 1. The van der Waals surface area contributed by atoms with Gasteiger partial charge in [0.25, 0.3) is 0 Å². The first-order chi connectivity index (χ1) is 9.08. The summed E-state index contributed by atoms with van der Waals surface area (Å²) in [6, 6.07) is 13.1. The molecule has 1 N–H and O–H groups in total. The molecule has 2 aromatic rings. The average Bonchev–Trinajstić information content (AvgIpc) is 2.36. The first-order valence-corrected chi connectivity index (χ1v) is 6.57. The maximum Gasteiger partial charge on any atom is 0.340 e. The van der Waals surface area contributed by atoms with Gasteiger partial charge in [0.15, 0.2) is 0 Å². The zero-order valence-electron chi connectivity index (χ0n) is 10.4. The summed E-state index contributed by atoms with van der Waals surface area (Å²) in [4.78, 5) is 11.3. The zero-order valence-corrected chi connectivity index (χ0v) is 12.0. The van der Waals surface area contributed by atoms with Gasteiger partial charge in [0.05, 0.1) is 0 Å². The van der Waals surface area contributed by atoms with Gasteiger partial charge in [0.2, 0.25) is 0 Å². The lowest BCUT2D eigenvalue weighted by Crippen LogP contribution is -2.05. The maximum absolute atomic E-state index is 11.3. The van der Waals surface area contributed by atoms with E-state index in [1.54, 1.807) is 12.1 Å². The smallest absolute Gasteiger partial charge is 0.340 e. The standard InChI is InChI=1S/C15H13BrO3/c1-10-7-12(16)14(15(17)18)13(8-10)19-9-11-5-3-2-4-6-11/h2-8H,9H2,1H3,(H,17,18). The summed E-state index contributed by atoms with van der Waals surface area (Å²) in [5, 5.41) is 9.22. The third-order valence-electron chi connectivity index (χ3n) is 2.65. The number of benzene rings is 2. The zero-order chi connectivity index (χ0) is 13.8. The second-order valence-electron chi connectivity index (χ2n) is 4.20. The van der Waals surface area contributed by atoms with Gasteiger partial charge in [0, 0.05) is 4.47 Å². The summed E-state index contributed by atoms with van der Waals surface area (Å²) < 4.78 is 6.17. The highest BCUT2D eigenvalue weighted by atomic mass is 79.9. The molecule has 3 nitrogen and oxygen atoms in total. The fraction of sp³-hybridized carbons (Fsp3) is 0.133. The molecule has 19 heavy (non-hydrogen) atoms. The molecule has 0 bridgehead atoms. The number of aryl methyl sites for hydroxylation is 1. The van der Waals surface area contributed by atoms with Crippen LogP contribution in [0.1, 0.15) is 21.5 Å². The summed E-state index contributed by atoms with van der Waals surface area (Å²) in [5.41, 5.74) is 2.10. The molecule has 0 spiro atoms. The second kappa shape index (κ2) is 5.89. The van der Waals surface area contributed by atoms with Crippen LogP contribution >= 0.6 is 15.9 Å². The van der Waals surface area contributed by atoms with Gasteiger partial charge in [-0.1, -0.05) is 30.3 Å². The number of aromatic carboxylic acids is 1. The highest BCUT2D eigenvalue weighted by Gasteiger charge is 2.16. The predicted molar refractivity (Wildman–Crippen MR) is 76.6 cm³/mol. The van der Waals surface area contributed by atoms with E-state index in [1.807, 2.05) is 37.3 Å². The van der Waals surface area contributed by atoms with Crippen LogP contribution in [0.2, 0.25) is 0 Å². The third-order valence-corrected chi connectivity index (χ3v) is 3.27. The Kier molecular flexibility index (Phi) is 4.22. The van der Waals surface area contributed by atoms with Gasteiger partial charge in [-0.25, -0.2) is 4.79 Å². The minimum absolute atomic E-state index is 0.154. The van der Waals surface area contributed by atoms with Gasteiger partial charge in [-0.3, -0.25) is 0 Å². The molecule has 0 aliphatic carbocycles. The van der Waals surface area contributed by atoms with E-state index in [4.69, 9.17) is 4.74 Å². The highest BCUT2D eigenvalue weighted by Crippen LogP contribution is 2.29. The quantitative estimate of drug-likeness (QED) is 0.924. The van der Waals surface area contributed by atoms with Crippen molar-refractivity contribution in [3.63, 3.8) is 0 Å². The Bertz CT molecular complexity index is 594. The topological polar surface area (TPSA) is 46.5 Å². The second-order valence-corrected chi connectivity index (χ2v) is 5.05. The van der Waals surface area contributed by atoms with Crippen molar-refractivity contribution >= 4 is 21.9 Å². The summed E-state index contributed by atoms with van der Waals surface area (Å²) in [7, 11) is 0. The largest absolute Gasteiger partial charge is 0.488 e. The number of halogens is 1. The Morgan fingerprint density at radius 1 is 1.26 bits per heavy atom. The molecule has 0 unspecified atom stereocenters. The van der Waals surface area contributed by atoms with Crippen LogP contribution in [-0.4, -0.2) is 11.1 Å². The van der Waals surface area contributed by atoms with E-state index in [2.05, 4.69) is 15.9 Å². The number of carboxylic acid groups (broad SMARTS) is 1. The Hall–Kier alpha value is -1.81. The first-order valence-electron chi connectivity index (χ1n) is 5.78. The molecule has 0 saturated carbocycles. The summed E-state index contributed by atoms with van der Waals surface area (Å²) in [6.45, 7) is 2.24. The van der Waals surface area contributed by atoms with Crippen molar-refractivity contribution in [2.24, 2.45) is 0 Å². The third kappa shape index (κ3) is 3.35. The van der Waals surface area contributed by atoms with Crippen LogP contribution in [0, 0.1) is 6.92 Å². The average molecular weight is 321 g/mol. The van der Waals surface area contributed by atoms with Gasteiger partial charge in [-0.05, 0) is 46.1 Å². The molecular formula is C15H13BrO3. The maximum atomic E-state index is 11.3. The van der Waals surface area contributed by atoms with Crippen molar-refractivity contribution < 1.29 is 14.6 Å². The molecule has 4 heteroatoms. The van der Waals surface area contributed by atoms with E-state index < -0.39 is 5.97 Å². The molecule has 2 rings (SSSR count). The predicted octanol–water partition coefficient (Wildman–Crippen LogP) is 4.03. The van der Waals surface area contributed by atoms with Crippen LogP contribution in [0.15, 0.2) is 46.9 Å².